The average molecular weight is 359 g/mol. The summed E-state index contributed by atoms with van der Waals surface area (Å²) in [5, 5.41) is 8.34. The molecule has 0 fully saturated rings. The first-order valence-corrected chi connectivity index (χ1v) is 8.30. The van der Waals surface area contributed by atoms with Crippen molar-refractivity contribution in [1.82, 2.24) is 5.32 Å². The molecule has 0 amide bonds. The zero-order valence-corrected chi connectivity index (χ0v) is 13.2. The topological polar surface area (TPSA) is 85.3 Å². The highest BCUT2D eigenvalue weighted by Crippen LogP contribution is 2.20. The van der Waals surface area contributed by atoms with Crippen LogP contribution in [0.5, 0.6) is 0 Å². The van der Waals surface area contributed by atoms with Crippen LogP contribution >= 0.6 is 15.9 Å². The van der Waals surface area contributed by atoms with Gasteiger partial charge in [0.15, 0.2) is 4.67 Å². The van der Waals surface area contributed by atoms with Gasteiger partial charge in [0.1, 0.15) is 5.76 Å². The molecule has 7 heteroatoms. The summed E-state index contributed by atoms with van der Waals surface area (Å²) in [4.78, 5) is 0.115. The molecule has 0 bridgehead atoms. The Morgan fingerprint density at radius 1 is 1.25 bits per heavy atom. The molecule has 3 N–H and O–H groups in total. The fourth-order valence-corrected chi connectivity index (χ4v) is 2.56. The van der Waals surface area contributed by atoms with E-state index in [1.807, 2.05) is 19.1 Å². The molecule has 2 rings (SSSR count). The van der Waals surface area contributed by atoms with E-state index in [0.717, 1.165) is 11.3 Å². The highest BCUT2D eigenvalue weighted by molar-refractivity contribution is 9.10. The number of sulfonamides is 1. The Morgan fingerprint density at radius 3 is 2.40 bits per heavy atom. The van der Waals surface area contributed by atoms with Crippen LogP contribution in [0.3, 0.4) is 0 Å². The first kappa shape index (κ1) is 15.2. The summed E-state index contributed by atoms with van der Waals surface area (Å²) in [7, 11) is -3.63. The number of primary sulfonamides is 1. The molecule has 0 saturated carbocycles. The van der Waals surface area contributed by atoms with Gasteiger partial charge in [-0.25, -0.2) is 13.6 Å². The van der Waals surface area contributed by atoms with Crippen LogP contribution < -0.4 is 10.5 Å². The second-order valence-electron chi connectivity index (χ2n) is 4.43. The van der Waals surface area contributed by atoms with E-state index in [-0.39, 0.29) is 10.9 Å². The molecule has 1 aromatic heterocycles. The van der Waals surface area contributed by atoms with Crippen molar-refractivity contribution in [3.05, 3.63) is 52.4 Å². The summed E-state index contributed by atoms with van der Waals surface area (Å²) in [6.45, 7) is 2.59. The first-order chi connectivity index (χ1) is 9.36. The molecule has 5 nitrogen and oxygen atoms in total. The maximum atomic E-state index is 11.1. The molecule has 2 aromatic rings. The zero-order chi connectivity index (χ0) is 14.8. The van der Waals surface area contributed by atoms with Crippen LogP contribution in [0.25, 0.3) is 0 Å². The molecule has 0 aliphatic heterocycles. The second-order valence-corrected chi connectivity index (χ2v) is 6.78. The van der Waals surface area contributed by atoms with E-state index >= 15 is 0 Å². The Balaban J connectivity index is 1.97. The number of nitrogens with two attached hydrogens (primary N) is 1. The monoisotopic (exact) mass is 358 g/mol. The number of halogens is 1. The number of benzene rings is 1. The van der Waals surface area contributed by atoms with Crippen LogP contribution in [0.4, 0.5) is 0 Å². The minimum atomic E-state index is -3.63. The highest BCUT2D eigenvalue weighted by atomic mass is 79.9. The molecule has 0 saturated heterocycles. The number of hydrogen-bond acceptors (Lipinski definition) is 4. The first-order valence-electron chi connectivity index (χ1n) is 5.96. The maximum absolute atomic E-state index is 11.1. The fourth-order valence-electron chi connectivity index (χ4n) is 1.73. The third kappa shape index (κ3) is 3.92. The van der Waals surface area contributed by atoms with Gasteiger partial charge < -0.3 is 9.73 Å². The molecule has 0 aliphatic carbocycles. The fraction of sp³-hybridized carbons (Fsp3) is 0.231. The van der Waals surface area contributed by atoms with Gasteiger partial charge in [-0.3, -0.25) is 0 Å². The van der Waals surface area contributed by atoms with E-state index in [0.29, 0.717) is 11.2 Å². The Hall–Kier alpha value is -1.15. The number of hydrogen-bond donors (Lipinski definition) is 2. The van der Waals surface area contributed by atoms with Crippen LogP contribution in [0.15, 0.2) is 50.4 Å². The SMILES string of the molecule is CC(NCc1ccc(S(N)(=O)=O)cc1)c1ccc(Br)o1. The van der Waals surface area contributed by atoms with Crippen LogP contribution in [0, 0.1) is 0 Å². The number of nitrogens with one attached hydrogen (secondary N) is 1. The lowest BCUT2D eigenvalue weighted by molar-refractivity contribution is 0.418. The van der Waals surface area contributed by atoms with Crippen molar-refractivity contribution in [1.29, 1.82) is 0 Å². The largest absolute Gasteiger partial charge is 0.453 e. The van der Waals surface area contributed by atoms with Crippen molar-refractivity contribution >= 4 is 26.0 Å². The van der Waals surface area contributed by atoms with Gasteiger partial charge in [0.2, 0.25) is 10.0 Å². The summed E-state index contributed by atoms with van der Waals surface area (Å²) < 4.78 is 28.4. The van der Waals surface area contributed by atoms with Gasteiger partial charge in [0.25, 0.3) is 0 Å². The van der Waals surface area contributed by atoms with Crippen molar-refractivity contribution in [3.8, 4) is 0 Å². The minimum absolute atomic E-state index is 0.0548. The van der Waals surface area contributed by atoms with E-state index < -0.39 is 10.0 Å². The smallest absolute Gasteiger partial charge is 0.238 e. The predicted molar refractivity (Wildman–Crippen MR) is 79.5 cm³/mol. The van der Waals surface area contributed by atoms with E-state index in [4.69, 9.17) is 9.56 Å². The van der Waals surface area contributed by atoms with Crippen LogP contribution in [0.1, 0.15) is 24.3 Å². The Labute approximate surface area is 126 Å². The average Bonchev–Trinajstić information content (AvgIpc) is 2.82. The van der Waals surface area contributed by atoms with Gasteiger partial charge in [-0.05, 0) is 52.7 Å². The lowest BCUT2D eigenvalue weighted by Gasteiger charge is -2.11. The molecule has 0 spiro atoms. The highest BCUT2D eigenvalue weighted by Gasteiger charge is 2.10. The molecule has 1 aromatic carbocycles. The Kier molecular flexibility index (Phi) is 4.64. The summed E-state index contributed by atoms with van der Waals surface area (Å²) >= 11 is 3.26. The van der Waals surface area contributed by atoms with Crippen molar-refractivity contribution in [2.45, 2.75) is 24.4 Å². The quantitative estimate of drug-likeness (QED) is 0.859. The third-order valence-corrected chi connectivity index (χ3v) is 4.24. The van der Waals surface area contributed by atoms with E-state index in [9.17, 15) is 8.42 Å². The third-order valence-electron chi connectivity index (χ3n) is 2.89. The van der Waals surface area contributed by atoms with E-state index in [2.05, 4.69) is 21.2 Å². The normalized spacial score (nSPS) is 13.3. The van der Waals surface area contributed by atoms with E-state index in [1.54, 1.807) is 12.1 Å². The Morgan fingerprint density at radius 2 is 1.90 bits per heavy atom. The lowest BCUT2D eigenvalue weighted by atomic mass is 10.2. The molecule has 20 heavy (non-hydrogen) atoms. The van der Waals surface area contributed by atoms with Gasteiger partial charge in [0.05, 0.1) is 10.9 Å². The van der Waals surface area contributed by atoms with E-state index in [1.165, 1.54) is 12.1 Å². The number of rotatable bonds is 5. The summed E-state index contributed by atoms with van der Waals surface area (Å²) in [5.74, 6) is 0.832. The van der Waals surface area contributed by atoms with Crippen LogP contribution in [-0.4, -0.2) is 8.42 Å². The molecule has 108 valence electrons. The zero-order valence-electron chi connectivity index (χ0n) is 10.8. The molecular formula is C13H15BrN2O3S. The standard InChI is InChI=1S/C13H15BrN2O3S/c1-9(12-6-7-13(14)19-12)16-8-10-2-4-11(5-3-10)20(15,17)18/h2-7,9,16H,8H2,1H3,(H2,15,17,18). The second kappa shape index (κ2) is 6.09. The molecule has 1 atom stereocenters. The van der Waals surface area contributed by atoms with Crippen LogP contribution in [-0.2, 0) is 16.6 Å². The lowest BCUT2D eigenvalue weighted by Crippen LogP contribution is -2.18. The van der Waals surface area contributed by atoms with Crippen molar-refractivity contribution < 1.29 is 12.8 Å². The molecule has 1 heterocycles. The van der Waals surface area contributed by atoms with Crippen LogP contribution in [0.2, 0.25) is 0 Å². The predicted octanol–water partition coefficient (Wildman–Crippen LogP) is 2.54. The van der Waals surface area contributed by atoms with Gasteiger partial charge in [-0.2, -0.15) is 0 Å². The van der Waals surface area contributed by atoms with Gasteiger partial charge in [-0.15, -0.1) is 0 Å². The van der Waals surface area contributed by atoms with Gasteiger partial charge >= 0.3 is 0 Å². The summed E-state index contributed by atoms with van der Waals surface area (Å²) in [6.07, 6.45) is 0. The van der Waals surface area contributed by atoms with Gasteiger partial charge in [0, 0.05) is 6.54 Å². The molecule has 0 radical (unpaired) electrons. The van der Waals surface area contributed by atoms with Gasteiger partial charge in [-0.1, -0.05) is 12.1 Å². The van der Waals surface area contributed by atoms with Crippen molar-refractivity contribution in [2.75, 3.05) is 0 Å². The maximum Gasteiger partial charge on any atom is 0.238 e. The number of furan rings is 1. The van der Waals surface area contributed by atoms with Crippen molar-refractivity contribution in [3.63, 3.8) is 0 Å². The van der Waals surface area contributed by atoms with Crippen molar-refractivity contribution in [2.24, 2.45) is 5.14 Å². The Bertz CT molecular complexity index is 680. The molecular weight excluding hydrogens is 344 g/mol. The molecule has 1 unspecified atom stereocenters. The summed E-state index contributed by atoms with van der Waals surface area (Å²) in [5.41, 5.74) is 0.967. The minimum Gasteiger partial charge on any atom is -0.453 e. The molecule has 0 aliphatic rings. The summed E-state index contributed by atoms with van der Waals surface area (Å²) in [6, 6.07) is 10.3.